The van der Waals surface area contributed by atoms with Crippen LogP contribution in [-0.2, 0) is 0 Å². The first-order valence-electron chi connectivity index (χ1n) is 5.65. The highest BCUT2D eigenvalue weighted by atomic mass is 16.2. The van der Waals surface area contributed by atoms with Crippen molar-refractivity contribution >= 4 is 6.03 Å². The van der Waals surface area contributed by atoms with Crippen LogP contribution in [0.5, 0.6) is 0 Å². The van der Waals surface area contributed by atoms with Crippen LogP contribution in [0.25, 0.3) is 0 Å². The average Bonchev–Trinajstić information content (AvgIpc) is 2.20. The van der Waals surface area contributed by atoms with Gasteiger partial charge in [-0.15, -0.1) is 0 Å². The van der Waals surface area contributed by atoms with Crippen LogP contribution in [0.1, 0.15) is 46.0 Å². The van der Waals surface area contributed by atoms with Gasteiger partial charge in [-0.3, -0.25) is 0 Å². The first-order valence-corrected chi connectivity index (χ1v) is 5.65. The van der Waals surface area contributed by atoms with Crippen LogP contribution in [0.4, 0.5) is 4.79 Å². The van der Waals surface area contributed by atoms with Crippen molar-refractivity contribution in [3.05, 3.63) is 0 Å². The van der Waals surface area contributed by atoms with E-state index in [-0.39, 0.29) is 6.03 Å². The quantitative estimate of drug-likeness (QED) is 0.743. The van der Waals surface area contributed by atoms with Gasteiger partial charge >= 0.3 is 6.03 Å². The van der Waals surface area contributed by atoms with E-state index in [2.05, 4.69) is 16.7 Å². The summed E-state index contributed by atoms with van der Waals surface area (Å²) in [6, 6.07) is 2.29. The van der Waals surface area contributed by atoms with Crippen LogP contribution in [0.2, 0.25) is 0 Å². The lowest BCUT2D eigenvalue weighted by molar-refractivity contribution is 0.218. The van der Waals surface area contributed by atoms with Gasteiger partial charge < -0.3 is 10.6 Å². The number of carbonyl (C=O) groups is 1. The molecule has 0 bridgehead atoms. The summed E-state index contributed by atoms with van der Waals surface area (Å²) in [6.07, 6.45) is 4.59. The summed E-state index contributed by atoms with van der Waals surface area (Å²) in [4.78, 5) is 11.6. The van der Waals surface area contributed by atoms with E-state index < -0.39 is 5.54 Å². The number of nitriles is 1. The fourth-order valence-corrected chi connectivity index (χ4v) is 1.60. The zero-order valence-corrected chi connectivity index (χ0v) is 9.47. The topological polar surface area (TPSA) is 64.9 Å². The molecule has 0 atom stereocenters. The number of carbonyl (C=O) groups excluding carboxylic acids is 1. The Morgan fingerprint density at radius 2 is 2.07 bits per heavy atom. The third-order valence-corrected chi connectivity index (χ3v) is 3.21. The molecule has 2 amide bonds. The van der Waals surface area contributed by atoms with Crippen LogP contribution in [-0.4, -0.2) is 17.6 Å². The minimum absolute atomic E-state index is 0.204. The number of hydrogen-bond acceptors (Lipinski definition) is 2. The van der Waals surface area contributed by atoms with Crippen molar-refractivity contribution in [2.24, 2.45) is 0 Å². The second kappa shape index (κ2) is 5.01. The Balaban J connectivity index is 2.43. The molecular weight excluding hydrogens is 190 g/mol. The Morgan fingerprint density at radius 1 is 1.47 bits per heavy atom. The van der Waals surface area contributed by atoms with Gasteiger partial charge in [0.2, 0.25) is 0 Å². The molecule has 0 aromatic rings. The smallest absolute Gasteiger partial charge is 0.316 e. The zero-order valence-electron chi connectivity index (χ0n) is 9.47. The van der Waals surface area contributed by atoms with Crippen molar-refractivity contribution in [3.8, 4) is 6.07 Å². The highest BCUT2D eigenvalue weighted by molar-refractivity contribution is 5.75. The molecule has 2 N–H and O–H groups in total. The van der Waals surface area contributed by atoms with E-state index in [0.29, 0.717) is 18.9 Å². The Kier molecular flexibility index (Phi) is 3.96. The summed E-state index contributed by atoms with van der Waals surface area (Å²) >= 11 is 0. The number of amides is 2. The van der Waals surface area contributed by atoms with E-state index in [1.807, 2.05) is 13.8 Å². The SMILES string of the molecule is CCC(C#N)(CC)NC(=O)NC1CCC1. The number of hydrogen-bond donors (Lipinski definition) is 2. The molecule has 0 aliphatic heterocycles. The molecule has 1 fully saturated rings. The Hall–Kier alpha value is -1.24. The van der Waals surface area contributed by atoms with E-state index >= 15 is 0 Å². The lowest BCUT2D eigenvalue weighted by Crippen LogP contribution is -2.53. The second-order valence-corrected chi connectivity index (χ2v) is 4.13. The van der Waals surface area contributed by atoms with Crippen molar-refractivity contribution in [3.63, 3.8) is 0 Å². The highest BCUT2D eigenvalue weighted by Crippen LogP contribution is 2.18. The number of nitrogens with zero attached hydrogens (tertiary/aromatic N) is 1. The van der Waals surface area contributed by atoms with Gasteiger partial charge in [0.1, 0.15) is 5.54 Å². The molecule has 1 saturated carbocycles. The second-order valence-electron chi connectivity index (χ2n) is 4.13. The van der Waals surface area contributed by atoms with E-state index in [9.17, 15) is 4.79 Å². The van der Waals surface area contributed by atoms with Crippen molar-refractivity contribution < 1.29 is 4.79 Å². The predicted molar refractivity (Wildman–Crippen MR) is 58.2 cm³/mol. The molecule has 0 aromatic heterocycles. The van der Waals surface area contributed by atoms with E-state index in [0.717, 1.165) is 12.8 Å². The first kappa shape index (κ1) is 11.8. The summed E-state index contributed by atoms with van der Waals surface area (Å²) in [6.45, 7) is 3.83. The average molecular weight is 209 g/mol. The fraction of sp³-hybridized carbons (Fsp3) is 0.818. The summed E-state index contributed by atoms with van der Waals surface area (Å²) in [7, 11) is 0. The van der Waals surface area contributed by atoms with E-state index in [1.165, 1.54) is 6.42 Å². The lowest BCUT2D eigenvalue weighted by Gasteiger charge is -2.30. The van der Waals surface area contributed by atoms with Gasteiger partial charge in [-0.05, 0) is 32.1 Å². The monoisotopic (exact) mass is 209 g/mol. The Morgan fingerprint density at radius 3 is 2.40 bits per heavy atom. The van der Waals surface area contributed by atoms with Crippen LogP contribution in [0, 0.1) is 11.3 Å². The molecule has 0 aromatic carbocycles. The molecule has 84 valence electrons. The first-order chi connectivity index (χ1) is 7.15. The van der Waals surface area contributed by atoms with Crippen molar-refractivity contribution in [1.82, 2.24) is 10.6 Å². The van der Waals surface area contributed by atoms with Crippen LogP contribution < -0.4 is 10.6 Å². The van der Waals surface area contributed by atoms with E-state index in [4.69, 9.17) is 5.26 Å². The molecule has 4 nitrogen and oxygen atoms in total. The van der Waals surface area contributed by atoms with Crippen LogP contribution in [0.15, 0.2) is 0 Å². The third-order valence-electron chi connectivity index (χ3n) is 3.21. The zero-order chi connectivity index (χ0) is 11.3. The van der Waals surface area contributed by atoms with Gasteiger partial charge in [0, 0.05) is 6.04 Å². The van der Waals surface area contributed by atoms with Gasteiger partial charge in [0.15, 0.2) is 0 Å². The minimum Gasteiger partial charge on any atom is -0.335 e. The molecule has 0 radical (unpaired) electrons. The lowest BCUT2D eigenvalue weighted by atomic mass is 9.93. The van der Waals surface area contributed by atoms with Gasteiger partial charge in [0.25, 0.3) is 0 Å². The number of nitrogens with one attached hydrogen (secondary N) is 2. The van der Waals surface area contributed by atoms with Crippen molar-refractivity contribution in [2.45, 2.75) is 57.5 Å². The van der Waals surface area contributed by atoms with Gasteiger partial charge in [0.05, 0.1) is 6.07 Å². The predicted octanol–water partition coefficient (Wildman–Crippen LogP) is 1.92. The van der Waals surface area contributed by atoms with Crippen molar-refractivity contribution in [1.29, 1.82) is 5.26 Å². The highest BCUT2D eigenvalue weighted by Gasteiger charge is 2.29. The molecule has 0 heterocycles. The van der Waals surface area contributed by atoms with Crippen LogP contribution in [0.3, 0.4) is 0 Å². The summed E-state index contributed by atoms with van der Waals surface area (Å²) in [5, 5.41) is 14.7. The minimum atomic E-state index is -0.701. The van der Waals surface area contributed by atoms with E-state index in [1.54, 1.807) is 0 Å². The number of urea groups is 1. The maximum Gasteiger partial charge on any atom is 0.316 e. The molecule has 4 heteroatoms. The Bertz CT molecular complexity index is 261. The molecule has 0 saturated heterocycles. The summed E-state index contributed by atoms with van der Waals surface area (Å²) in [5.41, 5.74) is -0.701. The van der Waals surface area contributed by atoms with Gasteiger partial charge in [-0.2, -0.15) is 5.26 Å². The molecular formula is C11H19N3O. The number of rotatable bonds is 4. The maximum atomic E-state index is 11.6. The molecule has 1 aliphatic carbocycles. The summed E-state index contributed by atoms with van der Waals surface area (Å²) in [5.74, 6) is 0. The Labute approximate surface area is 91.0 Å². The largest absolute Gasteiger partial charge is 0.335 e. The fourth-order valence-electron chi connectivity index (χ4n) is 1.60. The molecule has 1 aliphatic rings. The van der Waals surface area contributed by atoms with Crippen molar-refractivity contribution in [2.75, 3.05) is 0 Å². The summed E-state index contributed by atoms with van der Waals surface area (Å²) < 4.78 is 0. The normalized spacial score (nSPS) is 16.3. The standard InChI is InChI=1S/C11H19N3O/c1-3-11(4-2,8-12)14-10(15)13-9-6-5-7-9/h9H,3-7H2,1-2H3,(H2,13,14,15). The van der Waals surface area contributed by atoms with Gasteiger partial charge in [-0.25, -0.2) is 4.79 Å². The van der Waals surface area contributed by atoms with Crippen LogP contribution >= 0.6 is 0 Å². The molecule has 0 unspecified atom stereocenters. The molecule has 1 rings (SSSR count). The molecule has 0 spiro atoms. The molecule has 15 heavy (non-hydrogen) atoms. The third kappa shape index (κ3) is 2.85. The maximum absolute atomic E-state index is 11.6. The van der Waals surface area contributed by atoms with Gasteiger partial charge in [-0.1, -0.05) is 13.8 Å².